The summed E-state index contributed by atoms with van der Waals surface area (Å²) in [5.41, 5.74) is 0.404. The number of nitrogens with one attached hydrogen (secondary N) is 2. The van der Waals surface area contributed by atoms with Crippen LogP contribution in [0.3, 0.4) is 0 Å². The number of carbonyl (C=O) groups is 3. The molecule has 0 unspecified atom stereocenters. The maximum absolute atomic E-state index is 12.6. The predicted molar refractivity (Wildman–Crippen MR) is 117 cm³/mol. The molecule has 0 radical (unpaired) electrons. The molecule has 10 nitrogen and oxygen atoms in total. The number of amides is 2. The number of carbonyl (C=O) groups excluding carboxylic acids is 3. The third kappa shape index (κ3) is 5.94. The minimum Gasteiger partial charge on any atom is -0.495 e. The number of hydrogen-bond acceptors (Lipinski definition) is 8. The molecule has 0 saturated carbocycles. The molecule has 0 aliphatic carbocycles. The number of rotatable bonds is 9. The summed E-state index contributed by atoms with van der Waals surface area (Å²) in [5, 5.41) is 5.38. The minimum atomic E-state index is -0.856. The Hall–Kier alpha value is -3.66. The second-order valence-electron chi connectivity index (χ2n) is 6.25. The Morgan fingerprint density at radius 3 is 1.91 bits per heavy atom. The summed E-state index contributed by atoms with van der Waals surface area (Å²) in [6.07, 6.45) is 0. The van der Waals surface area contributed by atoms with Crippen molar-refractivity contribution in [2.24, 2.45) is 0 Å². The number of anilines is 2. The summed E-state index contributed by atoms with van der Waals surface area (Å²) in [6.45, 7) is 0.674. The lowest BCUT2D eigenvalue weighted by atomic mass is 10.1. The van der Waals surface area contributed by atoms with Crippen LogP contribution >= 0.6 is 11.6 Å². The van der Waals surface area contributed by atoms with Crippen LogP contribution < -0.4 is 29.6 Å². The van der Waals surface area contributed by atoms with Crippen LogP contribution in [0.4, 0.5) is 11.4 Å². The first-order valence-electron chi connectivity index (χ1n) is 9.16. The molecule has 0 aliphatic heterocycles. The monoisotopic (exact) mass is 466 g/mol. The van der Waals surface area contributed by atoms with Crippen molar-refractivity contribution in [2.45, 2.75) is 6.92 Å². The van der Waals surface area contributed by atoms with E-state index in [1.54, 1.807) is 0 Å². The van der Waals surface area contributed by atoms with Gasteiger partial charge in [-0.05, 0) is 0 Å². The third-order valence-electron chi connectivity index (χ3n) is 4.14. The van der Waals surface area contributed by atoms with Gasteiger partial charge in [0.15, 0.2) is 18.1 Å². The van der Waals surface area contributed by atoms with Gasteiger partial charge in [-0.15, -0.1) is 0 Å². The van der Waals surface area contributed by atoms with E-state index in [0.717, 1.165) is 0 Å². The van der Waals surface area contributed by atoms with Gasteiger partial charge in [-0.2, -0.15) is 0 Å². The predicted octanol–water partition coefficient (Wildman–Crippen LogP) is 3.13. The van der Waals surface area contributed by atoms with E-state index >= 15 is 0 Å². The Balaban J connectivity index is 2.18. The number of esters is 1. The molecule has 0 heterocycles. The zero-order chi connectivity index (χ0) is 23.8. The van der Waals surface area contributed by atoms with Gasteiger partial charge >= 0.3 is 5.97 Å². The van der Waals surface area contributed by atoms with Crippen LogP contribution in [0.1, 0.15) is 17.3 Å². The highest BCUT2D eigenvalue weighted by molar-refractivity contribution is 6.32. The van der Waals surface area contributed by atoms with Crippen LogP contribution in [-0.2, 0) is 14.3 Å². The molecular formula is C21H23ClN2O8. The lowest BCUT2D eigenvalue weighted by molar-refractivity contribution is -0.119. The molecule has 2 rings (SSSR count). The number of ether oxygens (including phenoxy) is 5. The number of methoxy groups -OCH3 is 4. The summed E-state index contributed by atoms with van der Waals surface area (Å²) < 4.78 is 25.8. The first-order chi connectivity index (χ1) is 15.2. The quantitative estimate of drug-likeness (QED) is 0.540. The molecular weight excluding hydrogens is 444 g/mol. The van der Waals surface area contributed by atoms with E-state index in [9.17, 15) is 14.4 Å². The summed E-state index contributed by atoms with van der Waals surface area (Å²) in [6, 6.07) is 5.72. The zero-order valence-electron chi connectivity index (χ0n) is 18.2. The molecule has 0 fully saturated rings. The molecule has 0 aromatic heterocycles. The summed E-state index contributed by atoms with van der Waals surface area (Å²) in [4.78, 5) is 36.5. The Morgan fingerprint density at radius 1 is 0.781 bits per heavy atom. The lowest BCUT2D eigenvalue weighted by Gasteiger charge is -2.15. The van der Waals surface area contributed by atoms with Crippen molar-refractivity contribution in [3.05, 3.63) is 34.9 Å². The molecule has 11 heteroatoms. The Kier molecular flexibility index (Phi) is 8.54. The molecule has 2 aromatic carbocycles. The minimum absolute atomic E-state index is 0.0172. The first kappa shape index (κ1) is 24.6. The van der Waals surface area contributed by atoms with E-state index < -0.39 is 24.4 Å². The van der Waals surface area contributed by atoms with E-state index in [1.807, 2.05) is 0 Å². The van der Waals surface area contributed by atoms with Crippen molar-refractivity contribution < 1.29 is 38.1 Å². The SMILES string of the molecule is COc1cc(NC(=O)COC(=O)c2cc(OC)c(OC)cc2NC(C)=O)c(OC)cc1Cl. The third-order valence-corrected chi connectivity index (χ3v) is 4.43. The second kappa shape index (κ2) is 11.1. The molecule has 2 N–H and O–H groups in total. The molecule has 32 heavy (non-hydrogen) atoms. The first-order valence-corrected chi connectivity index (χ1v) is 9.53. The van der Waals surface area contributed by atoms with Crippen molar-refractivity contribution in [3.8, 4) is 23.0 Å². The van der Waals surface area contributed by atoms with E-state index in [4.69, 9.17) is 35.3 Å². The standard InChI is InChI=1S/C21H23ClN2O8/c1-11(25)23-14-8-19(31-5)18(30-4)6-12(14)21(27)32-10-20(26)24-15-9-16(28-2)13(22)7-17(15)29-3/h6-9H,10H2,1-5H3,(H,23,25)(H,24,26). The Bertz CT molecular complexity index is 1030. The van der Waals surface area contributed by atoms with E-state index in [0.29, 0.717) is 22.3 Å². The van der Waals surface area contributed by atoms with Crippen LogP contribution in [-0.4, -0.2) is 52.8 Å². The van der Waals surface area contributed by atoms with Gasteiger partial charge in [0.25, 0.3) is 5.91 Å². The maximum atomic E-state index is 12.6. The number of hydrogen-bond donors (Lipinski definition) is 2. The number of halogens is 1. The second-order valence-corrected chi connectivity index (χ2v) is 6.65. The van der Waals surface area contributed by atoms with Gasteiger partial charge < -0.3 is 34.3 Å². The highest BCUT2D eigenvalue weighted by Crippen LogP contribution is 2.36. The van der Waals surface area contributed by atoms with Gasteiger partial charge in [0.05, 0.1) is 50.4 Å². The van der Waals surface area contributed by atoms with Crippen molar-refractivity contribution in [1.82, 2.24) is 0 Å². The maximum Gasteiger partial charge on any atom is 0.340 e. The van der Waals surface area contributed by atoms with Gasteiger partial charge in [-0.1, -0.05) is 11.6 Å². The fourth-order valence-electron chi connectivity index (χ4n) is 2.69. The van der Waals surface area contributed by atoms with Crippen LogP contribution in [0.15, 0.2) is 24.3 Å². The fraction of sp³-hybridized carbons (Fsp3) is 0.286. The topological polar surface area (TPSA) is 121 Å². The van der Waals surface area contributed by atoms with Crippen molar-refractivity contribution >= 4 is 40.8 Å². The molecule has 0 saturated heterocycles. The smallest absolute Gasteiger partial charge is 0.340 e. The van der Waals surface area contributed by atoms with E-state index in [1.165, 1.54) is 59.6 Å². The van der Waals surface area contributed by atoms with Gasteiger partial charge in [-0.25, -0.2) is 4.79 Å². The highest BCUT2D eigenvalue weighted by atomic mass is 35.5. The van der Waals surface area contributed by atoms with E-state index in [-0.39, 0.29) is 22.7 Å². The van der Waals surface area contributed by atoms with Gasteiger partial charge in [0.1, 0.15) is 11.5 Å². The molecule has 2 aromatic rings. The van der Waals surface area contributed by atoms with Crippen molar-refractivity contribution in [2.75, 3.05) is 45.7 Å². The summed E-state index contributed by atoms with van der Waals surface area (Å²) in [7, 11) is 5.65. The lowest BCUT2D eigenvalue weighted by Crippen LogP contribution is -2.22. The largest absolute Gasteiger partial charge is 0.495 e. The van der Waals surface area contributed by atoms with Crippen molar-refractivity contribution in [3.63, 3.8) is 0 Å². The van der Waals surface area contributed by atoms with Crippen LogP contribution in [0.5, 0.6) is 23.0 Å². The molecule has 2 amide bonds. The van der Waals surface area contributed by atoms with Gasteiger partial charge in [0, 0.05) is 31.2 Å². The fourth-order valence-corrected chi connectivity index (χ4v) is 2.93. The summed E-state index contributed by atoms with van der Waals surface area (Å²) in [5.74, 6) is -0.737. The Morgan fingerprint density at radius 2 is 1.34 bits per heavy atom. The van der Waals surface area contributed by atoms with E-state index in [2.05, 4.69) is 10.6 Å². The zero-order valence-corrected chi connectivity index (χ0v) is 18.9. The summed E-state index contributed by atoms with van der Waals surface area (Å²) >= 11 is 6.05. The molecule has 0 spiro atoms. The number of benzene rings is 2. The average molecular weight is 467 g/mol. The van der Waals surface area contributed by atoms with Crippen LogP contribution in [0.25, 0.3) is 0 Å². The normalized spacial score (nSPS) is 10.1. The Labute approximate surface area is 189 Å². The molecule has 0 atom stereocenters. The van der Waals surface area contributed by atoms with Gasteiger partial charge in [0.2, 0.25) is 5.91 Å². The van der Waals surface area contributed by atoms with Crippen LogP contribution in [0.2, 0.25) is 5.02 Å². The molecule has 172 valence electrons. The molecule has 0 aliphatic rings. The molecule has 0 bridgehead atoms. The van der Waals surface area contributed by atoms with Crippen LogP contribution in [0, 0.1) is 0 Å². The van der Waals surface area contributed by atoms with Crippen molar-refractivity contribution in [1.29, 1.82) is 0 Å². The highest BCUT2D eigenvalue weighted by Gasteiger charge is 2.20. The average Bonchev–Trinajstić information content (AvgIpc) is 2.77. The van der Waals surface area contributed by atoms with Gasteiger partial charge in [-0.3, -0.25) is 9.59 Å².